The molecule has 6 nitrogen and oxygen atoms in total. The molecule has 0 heterocycles. The summed E-state index contributed by atoms with van der Waals surface area (Å²) in [6, 6.07) is 5.28. The number of thiocarbonyl (C=S) groups is 1. The monoisotopic (exact) mass is 271 g/mol. The van der Waals surface area contributed by atoms with Crippen LogP contribution in [0.25, 0.3) is 0 Å². The van der Waals surface area contributed by atoms with Crippen molar-refractivity contribution in [3.05, 3.63) is 39.9 Å². The van der Waals surface area contributed by atoms with E-state index in [9.17, 15) is 14.9 Å². The van der Waals surface area contributed by atoms with E-state index in [4.69, 9.17) is 12.2 Å². The zero-order valence-electron chi connectivity index (χ0n) is 8.80. The molecule has 1 aromatic rings. The lowest BCUT2D eigenvalue weighted by Gasteiger charge is -2.07. The van der Waals surface area contributed by atoms with Gasteiger partial charge < -0.3 is 0 Å². The molecule has 0 aliphatic carbocycles. The van der Waals surface area contributed by atoms with Crippen molar-refractivity contribution < 1.29 is 9.72 Å². The molecule has 0 unspecified atom stereocenters. The number of amides is 1. The van der Waals surface area contributed by atoms with Crippen LogP contribution < -0.4 is 10.9 Å². The lowest BCUT2D eigenvalue weighted by Crippen LogP contribution is -2.39. The van der Waals surface area contributed by atoms with E-state index in [1.807, 2.05) is 0 Å². The summed E-state index contributed by atoms with van der Waals surface area (Å²) in [6.45, 7) is 0. The van der Waals surface area contributed by atoms with Gasteiger partial charge in [0, 0.05) is 17.7 Å². The average Bonchev–Trinajstić information content (AvgIpc) is 2.35. The zero-order chi connectivity index (χ0) is 12.8. The predicted molar refractivity (Wildman–Crippen MR) is 69.8 cm³/mol. The van der Waals surface area contributed by atoms with E-state index < -0.39 is 10.8 Å². The molecule has 0 saturated carbocycles. The van der Waals surface area contributed by atoms with E-state index in [0.29, 0.717) is 9.88 Å². The Hall–Kier alpha value is -1.67. The number of nitro benzene ring substituents is 1. The lowest BCUT2D eigenvalue weighted by molar-refractivity contribution is -0.384. The fourth-order valence-corrected chi connectivity index (χ4v) is 1.17. The minimum absolute atomic E-state index is 0.0610. The van der Waals surface area contributed by atoms with E-state index >= 15 is 0 Å². The first-order valence-electron chi connectivity index (χ1n) is 4.43. The molecule has 0 aliphatic heterocycles. The molecule has 0 atom stereocenters. The number of carbonyl (C=O) groups is 1. The minimum Gasteiger partial charge on any atom is -0.283 e. The van der Waals surface area contributed by atoms with Gasteiger partial charge >= 0.3 is 0 Å². The van der Waals surface area contributed by atoms with Gasteiger partial charge in [-0.2, -0.15) is 0 Å². The highest BCUT2D eigenvalue weighted by Gasteiger charge is 2.09. The van der Waals surface area contributed by atoms with Crippen LogP contribution in [0.2, 0.25) is 0 Å². The quantitative estimate of drug-likeness (QED) is 0.481. The predicted octanol–water partition coefficient (Wildman–Crippen LogP) is 1.48. The van der Waals surface area contributed by atoms with Gasteiger partial charge in [-0.3, -0.25) is 25.8 Å². The van der Waals surface area contributed by atoms with Crippen LogP contribution in [-0.4, -0.2) is 21.4 Å². The molecule has 0 aliphatic rings. The first-order valence-corrected chi connectivity index (χ1v) is 6.06. The van der Waals surface area contributed by atoms with Crippen molar-refractivity contribution >= 4 is 39.9 Å². The van der Waals surface area contributed by atoms with E-state index in [1.165, 1.54) is 36.0 Å². The van der Waals surface area contributed by atoms with Crippen molar-refractivity contribution in [2.45, 2.75) is 0 Å². The second-order valence-electron chi connectivity index (χ2n) is 2.87. The molecular formula is C9H9N3O3S2. The highest BCUT2D eigenvalue weighted by atomic mass is 32.2. The Bertz CT molecular complexity index is 447. The minimum atomic E-state index is -0.525. The number of thioether (sulfide) groups is 1. The Kier molecular flexibility index (Phi) is 4.85. The molecule has 1 amide bonds. The zero-order valence-corrected chi connectivity index (χ0v) is 10.4. The van der Waals surface area contributed by atoms with Crippen molar-refractivity contribution in [2.24, 2.45) is 0 Å². The topological polar surface area (TPSA) is 84.3 Å². The maximum atomic E-state index is 11.5. The number of nitrogens with zero attached hydrogens (tertiary/aromatic N) is 1. The summed E-state index contributed by atoms with van der Waals surface area (Å²) in [5.74, 6) is -0.406. The third-order valence-corrected chi connectivity index (χ3v) is 2.88. The van der Waals surface area contributed by atoms with E-state index in [-0.39, 0.29) is 5.69 Å². The molecule has 0 bridgehead atoms. The van der Waals surface area contributed by atoms with Crippen molar-refractivity contribution in [3.63, 3.8) is 0 Å². The number of nitro groups is 1. The third-order valence-electron chi connectivity index (χ3n) is 1.80. The summed E-state index contributed by atoms with van der Waals surface area (Å²) >= 11 is 6.11. The fraction of sp³-hybridized carbons (Fsp3) is 0.111. The van der Waals surface area contributed by atoms with E-state index in [2.05, 4.69) is 10.9 Å². The number of hydrogen-bond acceptors (Lipinski definition) is 5. The summed E-state index contributed by atoms with van der Waals surface area (Å²) in [7, 11) is 0. The number of nitrogens with one attached hydrogen (secondary N) is 2. The lowest BCUT2D eigenvalue weighted by atomic mass is 10.2. The van der Waals surface area contributed by atoms with Crippen molar-refractivity contribution in [3.8, 4) is 0 Å². The number of non-ortho nitro benzene ring substituents is 1. The Balaban J connectivity index is 2.64. The molecule has 2 N–H and O–H groups in total. The molecule has 0 radical (unpaired) electrons. The van der Waals surface area contributed by atoms with Crippen LogP contribution >= 0.6 is 24.0 Å². The van der Waals surface area contributed by atoms with Gasteiger partial charge in [-0.1, -0.05) is 24.0 Å². The summed E-state index contributed by atoms with van der Waals surface area (Å²) in [5.41, 5.74) is 5.16. The van der Waals surface area contributed by atoms with Gasteiger partial charge in [0.25, 0.3) is 11.6 Å². The summed E-state index contributed by atoms with van der Waals surface area (Å²) in [5, 5.41) is 10.4. The van der Waals surface area contributed by atoms with E-state index in [1.54, 1.807) is 6.26 Å². The Labute approximate surface area is 107 Å². The van der Waals surface area contributed by atoms with Gasteiger partial charge in [0.1, 0.15) is 0 Å². The Morgan fingerprint density at radius 2 is 1.94 bits per heavy atom. The first kappa shape index (κ1) is 13.4. The number of hydrogen-bond donors (Lipinski definition) is 2. The van der Waals surface area contributed by atoms with Crippen molar-refractivity contribution in [1.82, 2.24) is 10.9 Å². The van der Waals surface area contributed by atoms with Gasteiger partial charge in [0.05, 0.1) is 4.92 Å². The van der Waals surface area contributed by atoms with Gasteiger partial charge in [-0.15, -0.1) is 0 Å². The third kappa shape index (κ3) is 4.00. The van der Waals surface area contributed by atoms with Crippen LogP contribution in [0, 0.1) is 10.1 Å². The molecule has 0 saturated heterocycles. The number of hydrazine groups is 1. The number of carbonyl (C=O) groups excluding carboxylic acids is 1. The molecule has 0 fully saturated rings. The van der Waals surface area contributed by atoms with Gasteiger partial charge in [0.15, 0.2) is 4.32 Å². The molecular weight excluding hydrogens is 262 g/mol. The van der Waals surface area contributed by atoms with Crippen LogP contribution in [0.3, 0.4) is 0 Å². The largest absolute Gasteiger partial charge is 0.283 e. The number of benzene rings is 1. The van der Waals surface area contributed by atoms with Crippen LogP contribution in [0.1, 0.15) is 10.4 Å². The second-order valence-corrected chi connectivity index (χ2v) is 4.36. The molecule has 0 aromatic heterocycles. The molecule has 90 valence electrons. The normalized spacial score (nSPS) is 9.47. The number of rotatable bonds is 2. The fourth-order valence-electron chi connectivity index (χ4n) is 0.966. The van der Waals surface area contributed by atoms with Crippen LogP contribution in [0.15, 0.2) is 24.3 Å². The molecule has 1 aromatic carbocycles. The maximum absolute atomic E-state index is 11.5. The molecule has 17 heavy (non-hydrogen) atoms. The smallest absolute Gasteiger partial charge is 0.269 e. The highest BCUT2D eigenvalue weighted by molar-refractivity contribution is 8.22. The highest BCUT2D eigenvalue weighted by Crippen LogP contribution is 2.11. The van der Waals surface area contributed by atoms with Crippen LogP contribution in [0.5, 0.6) is 0 Å². The van der Waals surface area contributed by atoms with Gasteiger partial charge in [-0.05, 0) is 18.4 Å². The maximum Gasteiger partial charge on any atom is 0.269 e. The summed E-state index contributed by atoms with van der Waals surface area (Å²) in [6.07, 6.45) is 1.77. The molecule has 8 heteroatoms. The average molecular weight is 271 g/mol. The second kappa shape index (κ2) is 6.16. The van der Waals surface area contributed by atoms with Gasteiger partial charge in [-0.25, -0.2) is 0 Å². The standard InChI is InChI=1S/C9H9N3O3S2/c1-17-9(16)11-10-8(13)6-2-4-7(5-3-6)12(14)15/h2-5H,1H3,(H,10,13)(H,11,16). The SMILES string of the molecule is CSC(=S)NNC(=O)c1ccc([N+](=O)[O-])cc1. The van der Waals surface area contributed by atoms with Crippen LogP contribution in [0.4, 0.5) is 5.69 Å². The molecule has 0 spiro atoms. The van der Waals surface area contributed by atoms with Crippen molar-refractivity contribution in [2.75, 3.05) is 6.26 Å². The Morgan fingerprint density at radius 3 is 2.41 bits per heavy atom. The molecule has 1 rings (SSSR count). The summed E-state index contributed by atoms with van der Waals surface area (Å²) in [4.78, 5) is 21.4. The Morgan fingerprint density at radius 1 is 1.35 bits per heavy atom. The van der Waals surface area contributed by atoms with Crippen molar-refractivity contribution in [1.29, 1.82) is 0 Å². The summed E-state index contributed by atoms with van der Waals surface area (Å²) < 4.78 is 0.431. The first-order chi connectivity index (χ1) is 8.04. The van der Waals surface area contributed by atoms with Gasteiger partial charge in [0.2, 0.25) is 0 Å². The van der Waals surface area contributed by atoms with E-state index in [0.717, 1.165) is 0 Å². The van der Waals surface area contributed by atoms with Crippen LogP contribution in [-0.2, 0) is 0 Å².